The predicted octanol–water partition coefficient (Wildman–Crippen LogP) is 3.82. The third kappa shape index (κ3) is 3.88. The number of hydrogen-bond donors (Lipinski definition) is 1. The Morgan fingerprint density at radius 3 is 2.15 bits per heavy atom. The second-order valence-electron chi connectivity index (χ2n) is 6.16. The van der Waals surface area contributed by atoms with Gasteiger partial charge in [-0.15, -0.1) is 0 Å². The van der Waals surface area contributed by atoms with Crippen molar-refractivity contribution in [3.8, 4) is 17.1 Å². The van der Waals surface area contributed by atoms with E-state index in [9.17, 15) is 21.6 Å². The van der Waals surface area contributed by atoms with Crippen LogP contribution in [0.15, 0.2) is 53.6 Å². The summed E-state index contributed by atoms with van der Waals surface area (Å²) in [7, 11) is -3.90. The minimum Gasteiger partial charge on any atom is -0.299 e. The van der Waals surface area contributed by atoms with Gasteiger partial charge in [-0.3, -0.25) is 4.57 Å². The number of nitrogens with zero attached hydrogens (tertiary/aromatic N) is 2. The van der Waals surface area contributed by atoms with E-state index in [1.54, 1.807) is 18.2 Å². The van der Waals surface area contributed by atoms with Gasteiger partial charge >= 0.3 is 6.18 Å². The molecule has 0 radical (unpaired) electrons. The SMILES string of the molecule is Cc1ccc(-c2nc(C(F)(F)F)cn2-c2ccc(S(N)(=O)=O)cc2)cc1C. The number of halogens is 3. The maximum absolute atomic E-state index is 13.2. The summed E-state index contributed by atoms with van der Waals surface area (Å²) in [6.07, 6.45) is -3.73. The third-order valence-electron chi connectivity index (χ3n) is 4.20. The number of rotatable bonds is 3. The molecule has 2 aromatic carbocycles. The molecule has 3 rings (SSSR count). The Bertz CT molecular complexity index is 1100. The van der Waals surface area contributed by atoms with E-state index in [0.29, 0.717) is 11.3 Å². The third-order valence-corrected chi connectivity index (χ3v) is 5.13. The van der Waals surface area contributed by atoms with Gasteiger partial charge in [0, 0.05) is 17.4 Å². The summed E-state index contributed by atoms with van der Waals surface area (Å²) in [5, 5.41) is 5.06. The second-order valence-corrected chi connectivity index (χ2v) is 7.72. The van der Waals surface area contributed by atoms with Crippen molar-refractivity contribution in [1.29, 1.82) is 0 Å². The number of hydrogen-bond acceptors (Lipinski definition) is 3. The Kier molecular flexibility index (Phi) is 4.61. The van der Waals surface area contributed by atoms with Gasteiger partial charge in [-0.05, 0) is 55.3 Å². The summed E-state index contributed by atoms with van der Waals surface area (Å²) in [5.74, 6) is 0.105. The Morgan fingerprint density at radius 1 is 1.00 bits per heavy atom. The first-order valence-electron chi connectivity index (χ1n) is 7.84. The number of alkyl halides is 3. The topological polar surface area (TPSA) is 78.0 Å². The van der Waals surface area contributed by atoms with Crippen molar-refractivity contribution in [1.82, 2.24) is 9.55 Å². The molecule has 142 valence electrons. The van der Waals surface area contributed by atoms with E-state index in [1.165, 1.54) is 28.8 Å². The average molecular weight is 395 g/mol. The Hall–Kier alpha value is -2.65. The molecule has 0 aliphatic carbocycles. The van der Waals surface area contributed by atoms with E-state index in [4.69, 9.17) is 5.14 Å². The van der Waals surface area contributed by atoms with Gasteiger partial charge < -0.3 is 0 Å². The number of sulfonamides is 1. The Labute approximate surface area is 154 Å². The lowest BCUT2D eigenvalue weighted by molar-refractivity contribution is -0.140. The molecule has 2 N–H and O–H groups in total. The molecule has 9 heteroatoms. The molecule has 5 nitrogen and oxygen atoms in total. The predicted molar refractivity (Wildman–Crippen MR) is 94.8 cm³/mol. The highest BCUT2D eigenvalue weighted by Gasteiger charge is 2.35. The molecule has 0 bridgehead atoms. The van der Waals surface area contributed by atoms with Crippen molar-refractivity contribution in [3.63, 3.8) is 0 Å². The summed E-state index contributed by atoms with van der Waals surface area (Å²) in [6.45, 7) is 3.76. The number of benzene rings is 2. The molecule has 27 heavy (non-hydrogen) atoms. The smallest absolute Gasteiger partial charge is 0.299 e. The molecule has 3 aromatic rings. The van der Waals surface area contributed by atoms with E-state index in [1.807, 2.05) is 13.8 Å². The highest BCUT2D eigenvalue weighted by atomic mass is 32.2. The fourth-order valence-corrected chi connectivity index (χ4v) is 3.11. The number of imidazole rings is 1. The van der Waals surface area contributed by atoms with Crippen LogP contribution < -0.4 is 5.14 Å². The highest BCUT2D eigenvalue weighted by Crippen LogP contribution is 2.33. The first-order chi connectivity index (χ1) is 12.5. The lowest BCUT2D eigenvalue weighted by Crippen LogP contribution is -2.12. The van der Waals surface area contributed by atoms with Gasteiger partial charge in [0.15, 0.2) is 5.69 Å². The van der Waals surface area contributed by atoms with Gasteiger partial charge in [0.1, 0.15) is 5.82 Å². The summed E-state index contributed by atoms with van der Waals surface area (Å²) >= 11 is 0. The van der Waals surface area contributed by atoms with Crippen LogP contribution in [0.1, 0.15) is 16.8 Å². The summed E-state index contributed by atoms with van der Waals surface area (Å²) in [5.41, 5.74) is 1.74. The van der Waals surface area contributed by atoms with Crippen LogP contribution >= 0.6 is 0 Å². The van der Waals surface area contributed by atoms with Crippen LogP contribution in [0.5, 0.6) is 0 Å². The van der Waals surface area contributed by atoms with Crippen LogP contribution in [0.25, 0.3) is 17.1 Å². The van der Waals surface area contributed by atoms with Gasteiger partial charge in [-0.2, -0.15) is 13.2 Å². The first kappa shape index (κ1) is 19.1. The van der Waals surface area contributed by atoms with Crippen LogP contribution in [-0.4, -0.2) is 18.0 Å². The monoisotopic (exact) mass is 395 g/mol. The van der Waals surface area contributed by atoms with Gasteiger partial charge in [-0.1, -0.05) is 12.1 Å². The standard InChI is InChI=1S/C18H16F3N3O2S/c1-11-3-4-13(9-12(11)2)17-23-16(18(19,20)21)10-24(17)14-5-7-15(8-6-14)27(22,25)26/h3-10H,1-2H3,(H2,22,25,26). The van der Waals surface area contributed by atoms with Crippen molar-refractivity contribution in [2.75, 3.05) is 0 Å². The number of aromatic nitrogens is 2. The lowest BCUT2D eigenvalue weighted by atomic mass is 10.1. The molecule has 0 aliphatic heterocycles. The van der Waals surface area contributed by atoms with Gasteiger partial charge in [0.05, 0.1) is 4.90 Å². The normalized spacial score (nSPS) is 12.4. The molecule has 0 atom stereocenters. The molecular weight excluding hydrogens is 379 g/mol. The number of nitrogens with two attached hydrogens (primary N) is 1. The molecule has 0 spiro atoms. The van der Waals surface area contributed by atoms with Crippen LogP contribution in [0.3, 0.4) is 0 Å². The van der Waals surface area contributed by atoms with Gasteiger partial charge in [-0.25, -0.2) is 18.5 Å². The van der Waals surface area contributed by atoms with Crippen molar-refractivity contribution in [2.45, 2.75) is 24.9 Å². The van der Waals surface area contributed by atoms with Crippen LogP contribution in [-0.2, 0) is 16.2 Å². The van der Waals surface area contributed by atoms with Crippen molar-refractivity contribution < 1.29 is 21.6 Å². The van der Waals surface area contributed by atoms with Gasteiger partial charge in [0.2, 0.25) is 10.0 Å². The minimum atomic E-state index is -4.61. The molecule has 1 aromatic heterocycles. The summed E-state index contributed by atoms with van der Waals surface area (Å²) < 4.78 is 63.7. The van der Waals surface area contributed by atoms with E-state index >= 15 is 0 Å². The zero-order valence-electron chi connectivity index (χ0n) is 14.4. The maximum Gasteiger partial charge on any atom is 0.434 e. The van der Waals surface area contributed by atoms with E-state index < -0.39 is 21.9 Å². The number of aryl methyl sites for hydroxylation is 2. The first-order valence-corrected chi connectivity index (χ1v) is 9.39. The fourth-order valence-electron chi connectivity index (χ4n) is 2.59. The highest BCUT2D eigenvalue weighted by molar-refractivity contribution is 7.89. The maximum atomic E-state index is 13.2. The lowest BCUT2D eigenvalue weighted by Gasteiger charge is -2.10. The zero-order valence-corrected chi connectivity index (χ0v) is 15.3. The molecule has 0 saturated carbocycles. The largest absolute Gasteiger partial charge is 0.434 e. The van der Waals surface area contributed by atoms with Gasteiger partial charge in [0.25, 0.3) is 0 Å². The van der Waals surface area contributed by atoms with Crippen LogP contribution in [0.2, 0.25) is 0 Å². The van der Waals surface area contributed by atoms with E-state index in [-0.39, 0.29) is 10.7 Å². The summed E-state index contributed by atoms with van der Waals surface area (Å²) in [6, 6.07) is 10.5. The Morgan fingerprint density at radius 2 is 1.63 bits per heavy atom. The summed E-state index contributed by atoms with van der Waals surface area (Å²) in [4.78, 5) is 3.64. The molecule has 0 aliphatic rings. The molecule has 1 heterocycles. The van der Waals surface area contributed by atoms with Crippen LogP contribution in [0.4, 0.5) is 13.2 Å². The second kappa shape index (κ2) is 6.50. The fraction of sp³-hybridized carbons (Fsp3) is 0.167. The molecule has 0 unspecified atom stereocenters. The minimum absolute atomic E-state index is 0.105. The van der Waals surface area contributed by atoms with Crippen molar-refractivity contribution >= 4 is 10.0 Å². The van der Waals surface area contributed by atoms with E-state index in [0.717, 1.165) is 17.3 Å². The zero-order chi connectivity index (χ0) is 20.0. The number of primary sulfonamides is 1. The quantitative estimate of drug-likeness (QED) is 0.732. The van der Waals surface area contributed by atoms with Crippen molar-refractivity contribution in [3.05, 3.63) is 65.5 Å². The Balaban J connectivity index is 2.19. The average Bonchev–Trinajstić information content (AvgIpc) is 3.02. The molecule has 0 saturated heterocycles. The molecule has 0 fully saturated rings. The van der Waals surface area contributed by atoms with Crippen molar-refractivity contribution in [2.24, 2.45) is 5.14 Å². The van der Waals surface area contributed by atoms with Crippen LogP contribution in [0, 0.1) is 13.8 Å². The molecule has 0 amide bonds. The molecular formula is C18H16F3N3O2S. The van der Waals surface area contributed by atoms with E-state index in [2.05, 4.69) is 4.98 Å².